The first-order valence-corrected chi connectivity index (χ1v) is 4.80. The van der Waals surface area contributed by atoms with E-state index in [4.69, 9.17) is 5.11 Å². The molecule has 6 nitrogen and oxygen atoms in total. The fourth-order valence-corrected chi connectivity index (χ4v) is 1.30. The van der Waals surface area contributed by atoms with Gasteiger partial charge >= 0.3 is 5.97 Å². The van der Waals surface area contributed by atoms with Crippen LogP contribution in [0.15, 0.2) is 24.7 Å². The van der Waals surface area contributed by atoms with Crippen LogP contribution in [-0.2, 0) is 4.79 Å². The number of carboxylic acids is 1. The normalized spacial score (nSPS) is 11.6. The molecule has 2 aromatic rings. The van der Waals surface area contributed by atoms with Crippen molar-refractivity contribution in [1.82, 2.24) is 14.6 Å². The van der Waals surface area contributed by atoms with Crippen molar-refractivity contribution in [2.75, 3.05) is 5.32 Å². The van der Waals surface area contributed by atoms with E-state index in [-0.39, 0.29) is 0 Å². The summed E-state index contributed by atoms with van der Waals surface area (Å²) in [5, 5.41) is 15.9. The summed E-state index contributed by atoms with van der Waals surface area (Å²) in [6.07, 6.45) is 4.91. The number of nitrogens with one attached hydrogen (secondary N) is 1. The number of nitrogens with zero attached hydrogens (tertiary/aromatic N) is 3. The van der Waals surface area contributed by atoms with Crippen LogP contribution in [0, 0.1) is 0 Å². The molecule has 0 aliphatic rings. The number of rotatable bonds is 3. The van der Waals surface area contributed by atoms with Gasteiger partial charge in [0.1, 0.15) is 11.1 Å². The molecule has 0 aromatic carbocycles. The quantitative estimate of drug-likeness (QED) is 0.806. The number of aliphatic carboxylic acids is 1. The molecule has 2 N–H and O–H groups in total. The molecular formula is C10H12N4O2. The van der Waals surface area contributed by atoms with Crippen molar-refractivity contribution in [2.45, 2.75) is 19.4 Å². The van der Waals surface area contributed by atoms with Gasteiger partial charge in [-0.05, 0) is 19.9 Å². The molecule has 2 rings (SSSR count). The summed E-state index contributed by atoms with van der Waals surface area (Å²) in [5.41, 5.74) is -0.323. The van der Waals surface area contributed by atoms with E-state index in [1.165, 1.54) is 0 Å². The van der Waals surface area contributed by atoms with Gasteiger partial charge in [0.05, 0.1) is 6.20 Å². The third-order valence-electron chi connectivity index (χ3n) is 2.29. The fraction of sp³-hybridized carbons (Fsp3) is 0.300. The lowest BCUT2D eigenvalue weighted by Gasteiger charge is -2.21. The highest BCUT2D eigenvalue weighted by atomic mass is 16.4. The minimum atomic E-state index is -1.07. The van der Waals surface area contributed by atoms with Gasteiger partial charge < -0.3 is 10.4 Å². The number of hydrogen-bond donors (Lipinski definition) is 2. The van der Waals surface area contributed by atoms with Crippen molar-refractivity contribution in [1.29, 1.82) is 0 Å². The molecule has 0 saturated carbocycles. The monoisotopic (exact) mass is 220 g/mol. The molecule has 0 aliphatic heterocycles. The Hall–Kier alpha value is -2.11. The van der Waals surface area contributed by atoms with Gasteiger partial charge in [-0.2, -0.15) is 5.10 Å². The van der Waals surface area contributed by atoms with Crippen molar-refractivity contribution in [2.24, 2.45) is 0 Å². The van der Waals surface area contributed by atoms with Gasteiger partial charge in [0, 0.05) is 12.4 Å². The second-order valence-corrected chi connectivity index (χ2v) is 3.99. The lowest BCUT2D eigenvalue weighted by atomic mass is 10.1. The smallest absolute Gasteiger partial charge is 0.328 e. The molecule has 0 unspecified atom stereocenters. The van der Waals surface area contributed by atoms with Crippen molar-refractivity contribution in [3.63, 3.8) is 0 Å². The van der Waals surface area contributed by atoms with E-state index < -0.39 is 11.5 Å². The van der Waals surface area contributed by atoms with Crippen LogP contribution >= 0.6 is 0 Å². The molecule has 0 amide bonds. The molecule has 6 heteroatoms. The Kier molecular flexibility index (Phi) is 2.26. The van der Waals surface area contributed by atoms with Gasteiger partial charge in [-0.15, -0.1) is 0 Å². The van der Waals surface area contributed by atoms with E-state index >= 15 is 0 Å². The Labute approximate surface area is 91.9 Å². The minimum Gasteiger partial charge on any atom is -0.480 e. The predicted octanol–water partition coefficient (Wildman–Crippen LogP) is 1.00. The molecule has 0 saturated heterocycles. The molecule has 0 radical (unpaired) electrons. The fourth-order valence-electron chi connectivity index (χ4n) is 1.30. The Balaban J connectivity index is 2.41. The Morgan fingerprint density at radius 3 is 2.94 bits per heavy atom. The summed E-state index contributed by atoms with van der Waals surface area (Å²) in [6, 6.07) is 1.77. The molecule has 16 heavy (non-hydrogen) atoms. The van der Waals surface area contributed by atoms with Crippen LogP contribution in [0.5, 0.6) is 0 Å². The lowest BCUT2D eigenvalue weighted by Crippen LogP contribution is -2.40. The van der Waals surface area contributed by atoms with Crippen LogP contribution < -0.4 is 5.32 Å². The van der Waals surface area contributed by atoms with Crippen LogP contribution in [0.3, 0.4) is 0 Å². The molecule has 2 heterocycles. The first-order chi connectivity index (χ1) is 7.50. The van der Waals surface area contributed by atoms with E-state index in [0.29, 0.717) is 5.82 Å². The van der Waals surface area contributed by atoms with E-state index in [9.17, 15) is 4.79 Å². The standard InChI is InChI=1S/C10H12N4O2/c1-10(2,9(15)16)13-8-7-3-4-12-14(7)6-5-11-8/h3-6H,1-2H3,(H,11,13)(H,15,16). The van der Waals surface area contributed by atoms with Gasteiger partial charge in [-0.25, -0.2) is 14.3 Å². The Morgan fingerprint density at radius 1 is 1.50 bits per heavy atom. The average Bonchev–Trinajstić information content (AvgIpc) is 2.65. The SMILES string of the molecule is CC(C)(Nc1nccn2nccc12)C(=O)O. The van der Waals surface area contributed by atoms with Gasteiger partial charge in [-0.1, -0.05) is 0 Å². The summed E-state index contributed by atoms with van der Waals surface area (Å²) in [6.45, 7) is 3.16. The van der Waals surface area contributed by atoms with Gasteiger partial charge in [0.25, 0.3) is 0 Å². The van der Waals surface area contributed by atoms with Crippen molar-refractivity contribution < 1.29 is 9.90 Å². The van der Waals surface area contributed by atoms with Crippen LogP contribution in [0.1, 0.15) is 13.8 Å². The highest BCUT2D eigenvalue weighted by Gasteiger charge is 2.27. The van der Waals surface area contributed by atoms with Crippen molar-refractivity contribution >= 4 is 17.3 Å². The first kappa shape index (κ1) is 10.4. The lowest BCUT2D eigenvalue weighted by molar-refractivity contribution is -0.141. The molecular weight excluding hydrogens is 208 g/mol. The second-order valence-electron chi connectivity index (χ2n) is 3.99. The molecule has 84 valence electrons. The molecule has 0 atom stereocenters. The van der Waals surface area contributed by atoms with E-state index in [2.05, 4.69) is 15.4 Å². The number of anilines is 1. The molecule has 2 aromatic heterocycles. The number of carboxylic acid groups (broad SMARTS) is 1. The summed E-state index contributed by atoms with van der Waals surface area (Å²) in [5.74, 6) is -0.428. The van der Waals surface area contributed by atoms with Crippen LogP contribution in [0.4, 0.5) is 5.82 Å². The van der Waals surface area contributed by atoms with Crippen molar-refractivity contribution in [3.8, 4) is 0 Å². The highest BCUT2D eigenvalue weighted by Crippen LogP contribution is 2.17. The van der Waals surface area contributed by atoms with Crippen LogP contribution in [0.2, 0.25) is 0 Å². The summed E-state index contributed by atoms with van der Waals surface area (Å²) in [4.78, 5) is 15.1. The topological polar surface area (TPSA) is 79.5 Å². The number of hydrogen-bond acceptors (Lipinski definition) is 4. The zero-order chi connectivity index (χ0) is 11.8. The molecule has 0 bridgehead atoms. The summed E-state index contributed by atoms with van der Waals surface area (Å²) in [7, 11) is 0. The van der Waals surface area contributed by atoms with Gasteiger partial charge in [-0.3, -0.25) is 0 Å². The third kappa shape index (κ3) is 1.69. The van der Waals surface area contributed by atoms with Crippen LogP contribution in [-0.4, -0.2) is 31.2 Å². The predicted molar refractivity (Wildman–Crippen MR) is 58.3 cm³/mol. The Morgan fingerprint density at radius 2 is 2.25 bits per heavy atom. The third-order valence-corrected chi connectivity index (χ3v) is 2.29. The maximum Gasteiger partial charge on any atom is 0.328 e. The molecule has 0 aliphatic carbocycles. The average molecular weight is 220 g/mol. The molecule has 0 spiro atoms. The van der Waals surface area contributed by atoms with Gasteiger partial charge in [0.15, 0.2) is 5.82 Å². The minimum absolute atomic E-state index is 0.507. The maximum atomic E-state index is 11.0. The number of aromatic nitrogens is 3. The second kappa shape index (κ2) is 3.48. The van der Waals surface area contributed by atoms with E-state index in [0.717, 1.165) is 5.52 Å². The van der Waals surface area contributed by atoms with Crippen molar-refractivity contribution in [3.05, 3.63) is 24.7 Å². The zero-order valence-corrected chi connectivity index (χ0v) is 9.01. The summed E-state index contributed by atoms with van der Waals surface area (Å²) >= 11 is 0. The largest absolute Gasteiger partial charge is 0.480 e. The zero-order valence-electron chi connectivity index (χ0n) is 9.01. The summed E-state index contributed by atoms with van der Waals surface area (Å²) < 4.78 is 1.63. The highest BCUT2D eigenvalue weighted by molar-refractivity contribution is 5.83. The number of fused-ring (bicyclic) bond motifs is 1. The van der Waals surface area contributed by atoms with E-state index in [1.807, 2.05) is 0 Å². The maximum absolute atomic E-state index is 11.0. The van der Waals surface area contributed by atoms with E-state index in [1.54, 1.807) is 43.0 Å². The number of carbonyl (C=O) groups is 1. The van der Waals surface area contributed by atoms with Gasteiger partial charge in [0.2, 0.25) is 0 Å². The van der Waals surface area contributed by atoms with Crippen LogP contribution in [0.25, 0.3) is 5.52 Å². The Bertz CT molecular complexity index is 532. The first-order valence-electron chi connectivity index (χ1n) is 4.80. The molecule has 0 fully saturated rings.